The maximum absolute atomic E-state index is 12.2. The summed E-state index contributed by atoms with van der Waals surface area (Å²) in [6, 6.07) is 15.3. The molecule has 0 fully saturated rings. The van der Waals surface area contributed by atoms with Gasteiger partial charge in [0.15, 0.2) is 0 Å². The van der Waals surface area contributed by atoms with Gasteiger partial charge in [-0.3, -0.25) is 4.79 Å². The molecule has 0 saturated carbocycles. The van der Waals surface area contributed by atoms with Crippen LogP contribution in [0.1, 0.15) is 15.9 Å². The number of hydrogen-bond acceptors (Lipinski definition) is 3. The summed E-state index contributed by atoms with van der Waals surface area (Å²) in [6.07, 6.45) is 1.79. The number of rotatable bonds is 3. The van der Waals surface area contributed by atoms with Crippen molar-refractivity contribution in [1.29, 1.82) is 0 Å². The summed E-state index contributed by atoms with van der Waals surface area (Å²) < 4.78 is 0. The van der Waals surface area contributed by atoms with Crippen molar-refractivity contribution in [1.82, 2.24) is 4.98 Å². The van der Waals surface area contributed by atoms with E-state index in [4.69, 9.17) is 0 Å². The second kappa shape index (κ2) is 5.89. The Kier molecular flexibility index (Phi) is 3.79. The minimum atomic E-state index is -0.0966. The highest BCUT2D eigenvalue weighted by Crippen LogP contribution is 2.23. The number of amides is 1. The smallest absolute Gasteiger partial charge is 0.255 e. The van der Waals surface area contributed by atoms with Crippen LogP contribution in [0.25, 0.3) is 10.6 Å². The van der Waals surface area contributed by atoms with Gasteiger partial charge < -0.3 is 5.32 Å². The summed E-state index contributed by atoms with van der Waals surface area (Å²) in [5.41, 5.74) is 3.57. The summed E-state index contributed by atoms with van der Waals surface area (Å²) in [5.74, 6) is -0.0966. The highest BCUT2D eigenvalue weighted by atomic mass is 32.1. The summed E-state index contributed by atoms with van der Waals surface area (Å²) in [4.78, 5) is 16.4. The number of aromatic nitrogens is 1. The van der Waals surface area contributed by atoms with Crippen LogP contribution in [0.15, 0.2) is 60.1 Å². The molecule has 3 aromatic rings. The predicted octanol–water partition coefficient (Wildman–Crippen LogP) is 4.37. The zero-order valence-electron chi connectivity index (χ0n) is 11.5. The van der Waals surface area contributed by atoms with Gasteiger partial charge in [-0.15, -0.1) is 11.3 Å². The summed E-state index contributed by atoms with van der Waals surface area (Å²) >= 11 is 1.60. The molecule has 0 atom stereocenters. The molecule has 21 heavy (non-hydrogen) atoms. The lowest BCUT2D eigenvalue weighted by atomic mass is 10.1. The topological polar surface area (TPSA) is 42.0 Å². The predicted molar refractivity (Wildman–Crippen MR) is 86.7 cm³/mol. The van der Waals surface area contributed by atoms with Crippen LogP contribution in [-0.2, 0) is 0 Å². The minimum absolute atomic E-state index is 0.0966. The first-order valence-electron chi connectivity index (χ1n) is 6.60. The Morgan fingerprint density at radius 3 is 2.62 bits per heavy atom. The summed E-state index contributed by atoms with van der Waals surface area (Å²) in [5, 5.41) is 5.83. The van der Waals surface area contributed by atoms with E-state index < -0.39 is 0 Å². The Morgan fingerprint density at radius 2 is 1.95 bits per heavy atom. The minimum Gasteiger partial charge on any atom is -0.322 e. The Bertz CT molecular complexity index is 749. The molecule has 104 valence electrons. The molecule has 3 rings (SSSR count). The van der Waals surface area contributed by atoms with Crippen LogP contribution in [0.2, 0.25) is 0 Å². The van der Waals surface area contributed by atoms with Crippen molar-refractivity contribution in [3.63, 3.8) is 0 Å². The third kappa shape index (κ3) is 3.17. The van der Waals surface area contributed by atoms with Gasteiger partial charge in [-0.25, -0.2) is 4.98 Å². The molecule has 1 amide bonds. The third-order valence-electron chi connectivity index (χ3n) is 3.10. The van der Waals surface area contributed by atoms with Crippen LogP contribution >= 0.6 is 11.3 Å². The van der Waals surface area contributed by atoms with Crippen LogP contribution in [0.3, 0.4) is 0 Å². The van der Waals surface area contributed by atoms with Gasteiger partial charge in [0.2, 0.25) is 0 Å². The second-order valence-electron chi connectivity index (χ2n) is 4.74. The molecule has 1 N–H and O–H groups in total. The number of nitrogens with zero attached hydrogens (tertiary/aromatic N) is 1. The van der Waals surface area contributed by atoms with Crippen LogP contribution in [0.5, 0.6) is 0 Å². The largest absolute Gasteiger partial charge is 0.322 e. The highest BCUT2D eigenvalue weighted by Gasteiger charge is 2.06. The Hall–Kier alpha value is -2.46. The van der Waals surface area contributed by atoms with Crippen LogP contribution in [-0.4, -0.2) is 10.9 Å². The second-order valence-corrected chi connectivity index (χ2v) is 5.63. The van der Waals surface area contributed by atoms with Crippen molar-refractivity contribution in [2.24, 2.45) is 0 Å². The SMILES string of the molecule is Cc1cccc(C(=O)Nc2ccc(-c3nccs3)cc2)c1. The normalized spacial score (nSPS) is 10.3. The molecular weight excluding hydrogens is 280 g/mol. The van der Waals surface area contributed by atoms with E-state index in [1.165, 1.54) is 0 Å². The lowest BCUT2D eigenvalue weighted by molar-refractivity contribution is 0.102. The zero-order chi connectivity index (χ0) is 14.7. The number of benzene rings is 2. The molecule has 0 aliphatic heterocycles. The average molecular weight is 294 g/mol. The summed E-state index contributed by atoms with van der Waals surface area (Å²) in [6.45, 7) is 1.97. The van der Waals surface area contributed by atoms with Gasteiger partial charge in [0.05, 0.1) is 0 Å². The van der Waals surface area contributed by atoms with E-state index in [0.717, 1.165) is 21.8 Å². The lowest BCUT2D eigenvalue weighted by Crippen LogP contribution is -2.11. The first kappa shape index (κ1) is 13.5. The van der Waals surface area contributed by atoms with Crippen molar-refractivity contribution >= 4 is 22.9 Å². The van der Waals surface area contributed by atoms with Crippen LogP contribution in [0.4, 0.5) is 5.69 Å². The van der Waals surface area contributed by atoms with E-state index in [-0.39, 0.29) is 5.91 Å². The molecule has 0 radical (unpaired) electrons. The van der Waals surface area contributed by atoms with E-state index in [2.05, 4.69) is 10.3 Å². The van der Waals surface area contributed by atoms with Gasteiger partial charge in [-0.05, 0) is 43.3 Å². The Morgan fingerprint density at radius 1 is 1.14 bits per heavy atom. The fourth-order valence-electron chi connectivity index (χ4n) is 2.05. The number of anilines is 1. The Balaban J connectivity index is 1.75. The first-order chi connectivity index (χ1) is 10.2. The van der Waals surface area contributed by atoms with Gasteiger partial charge in [0, 0.05) is 28.4 Å². The number of hydrogen-bond donors (Lipinski definition) is 1. The Labute approximate surface area is 127 Å². The monoisotopic (exact) mass is 294 g/mol. The van der Waals surface area contributed by atoms with Crippen LogP contribution in [0, 0.1) is 6.92 Å². The van der Waals surface area contributed by atoms with Crippen LogP contribution < -0.4 is 5.32 Å². The number of carbonyl (C=O) groups excluding carboxylic acids is 1. The van der Waals surface area contributed by atoms with E-state index in [1.807, 2.05) is 60.8 Å². The third-order valence-corrected chi connectivity index (χ3v) is 3.92. The van der Waals surface area contributed by atoms with E-state index in [1.54, 1.807) is 17.5 Å². The fourth-order valence-corrected chi connectivity index (χ4v) is 2.70. The molecule has 4 heteroatoms. The van der Waals surface area contributed by atoms with E-state index in [0.29, 0.717) is 5.56 Å². The number of carbonyl (C=O) groups is 1. The standard InChI is InChI=1S/C17H14N2OS/c1-12-3-2-4-14(11-12)16(20)19-15-7-5-13(6-8-15)17-18-9-10-21-17/h2-11H,1H3,(H,19,20). The molecule has 0 aliphatic carbocycles. The maximum Gasteiger partial charge on any atom is 0.255 e. The molecule has 0 saturated heterocycles. The quantitative estimate of drug-likeness (QED) is 0.779. The van der Waals surface area contributed by atoms with E-state index in [9.17, 15) is 4.79 Å². The van der Waals surface area contributed by atoms with Gasteiger partial charge >= 0.3 is 0 Å². The molecule has 0 aliphatic rings. The zero-order valence-corrected chi connectivity index (χ0v) is 12.4. The molecule has 3 nitrogen and oxygen atoms in total. The van der Waals surface area contributed by atoms with Crippen molar-refractivity contribution in [2.45, 2.75) is 6.92 Å². The lowest BCUT2D eigenvalue weighted by Gasteiger charge is -2.06. The average Bonchev–Trinajstić information content (AvgIpc) is 3.02. The summed E-state index contributed by atoms with van der Waals surface area (Å²) in [7, 11) is 0. The number of thiazole rings is 1. The molecule has 1 aromatic heterocycles. The molecule has 2 aromatic carbocycles. The van der Waals surface area contributed by atoms with Gasteiger partial charge in [-0.2, -0.15) is 0 Å². The van der Waals surface area contributed by atoms with Crippen molar-refractivity contribution in [2.75, 3.05) is 5.32 Å². The molecular formula is C17H14N2OS. The highest BCUT2D eigenvalue weighted by molar-refractivity contribution is 7.13. The molecule has 1 heterocycles. The van der Waals surface area contributed by atoms with E-state index >= 15 is 0 Å². The van der Waals surface area contributed by atoms with Gasteiger partial charge in [0.25, 0.3) is 5.91 Å². The van der Waals surface area contributed by atoms with Crippen molar-refractivity contribution in [3.8, 4) is 10.6 Å². The van der Waals surface area contributed by atoms with Crippen molar-refractivity contribution in [3.05, 3.63) is 71.2 Å². The number of aryl methyl sites for hydroxylation is 1. The first-order valence-corrected chi connectivity index (χ1v) is 7.48. The molecule has 0 spiro atoms. The fraction of sp³-hybridized carbons (Fsp3) is 0.0588. The van der Waals surface area contributed by atoms with Crippen molar-refractivity contribution < 1.29 is 4.79 Å². The van der Waals surface area contributed by atoms with Gasteiger partial charge in [-0.1, -0.05) is 17.7 Å². The number of nitrogens with one attached hydrogen (secondary N) is 1. The van der Waals surface area contributed by atoms with Gasteiger partial charge in [0.1, 0.15) is 5.01 Å². The molecule has 0 bridgehead atoms. The maximum atomic E-state index is 12.2. The molecule has 0 unspecified atom stereocenters.